The molecule has 0 aromatic heterocycles. The van der Waals surface area contributed by atoms with E-state index < -0.39 is 0 Å². The molecule has 0 aliphatic carbocycles. The van der Waals surface area contributed by atoms with E-state index in [0.717, 1.165) is 12.2 Å². The fourth-order valence-corrected chi connectivity index (χ4v) is 0.848. The number of hydrogen-bond acceptors (Lipinski definition) is 2. The number of hydrogen-bond donors (Lipinski definition) is 1. The Morgan fingerprint density at radius 1 is 1.45 bits per heavy atom. The van der Waals surface area contributed by atoms with Crippen LogP contribution in [-0.4, -0.2) is 13.2 Å². The minimum atomic E-state index is 0.576. The first kappa shape index (κ1) is 10.5. The van der Waals surface area contributed by atoms with E-state index in [2.05, 4.69) is 13.5 Å². The van der Waals surface area contributed by atoms with Gasteiger partial charge < -0.3 is 10.5 Å². The van der Waals surface area contributed by atoms with Crippen LogP contribution in [0.2, 0.25) is 0 Å². The maximum atomic E-state index is 5.27. The minimum Gasteiger partial charge on any atom is -0.497 e. The number of ether oxygens (including phenoxy) is 1. The summed E-state index contributed by atoms with van der Waals surface area (Å²) in [5, 5.41) is 0. The van der Waals surface area contributed by atoms with Crippen molar-refractivity contribution in [2.75, 3.05) is 13.2 Å². The maximum Gasteiger partial charge on any atom is 0.0999 e. The highest BCUT2D eigenvalue weighted by Gasteiger charge is 1.93. The Labute approximate surface area is 69.4 Å². The predicted molar refractivity (Wildman–Crippen MR) is 48.3 cm³/mol. The zero-order chi connectivity index (χ0) is 8.53. The lowest BCUT2D eigenvalue weighted by atomic mass is 10.2. The van der Waals surface area contributed by atoms with Gasteiger partial charge in [-0.25, -0.2) is 0 Å². The van der Waals surface area contributed by atoms with E-state index in [-0.39, 0.29) is 0 Å². The molecule has 0 radical (unpaired) electrons. The number of rotatable bonds is 7. The topological polar surface area (TPSA) is 35.2 Å². The van der Waals surface area contributed by atoms with Crippen molar-refractivity contribution in [1.82, 2.24) is 0 Å². The van der Waals surface area contributed by atoms with Gasteiger partial charge in [0.15, 0.2) is 0 Å². The van der Waals surface area contributed by atoms with Crippen molar-refractivity contribution in [2.45, 2.75) is 32.6 Å². The van der Waals surface area contributed by atoms with Gasteiger partial charge in [0.05, 0.1) is 12.4 Å². The largest absolute Gasteiger partial charge is 0.497 e. The standard InChI is InChI=1S/C9H19NO/c1-3-4-5-6-9(2)11-8-7-10/h2-8,10H2,1H3. The monoisotopic (exact) mass is 157 g/mol. The summed E-state index contributed by atoms with van der Waals surface area (Å²) in [7, 11) is 0. The third-order valence-corrected chi connectivity index (χ3v) is 1.48. The molecule has 0 aliphatic rings. The average molecular weight is 157 g/mol. The molecule has 0 aromatic carbocycles. The Bertz CT molecular complexity index is 102. The normalized spacial score (nSPS) is 9.64. The first-order valence-corrected chi connectivity index (χ1v) is 4.32. The van der Waals surface area contributed by atoms with E-state index in [0.29, 0.717) is 13.2 Å². The van der Waals surface area contributed by atoms with Crippen molar-refractivity contribution < 1.29 is 4.74 Å². The Morgan fingerprint density at radius 3 is 2.73 bits per heavy atom. The molecule has 0 aromatic rings. The van der Waals surface area contributed by atoms with Crippen molar-refractivity contribution in [1.29, 1.82) is 0 Å². The highest BCUT2D eigenvalue weighted by atomic mass is 16.5. The van der Waals surface area contributed by atoms with Crippen LogP contribution < -0.4 is 5.73 Å². The SMILES string of the molecule is C=C(CCCCC)OCCN. The van der Waals surface area contributed by atoms with Gasteiger partial charge in [0.1, 0.15) is 0 Å². The van der Waals surface area contributed by atoms with E-state index in [1.807, 2.05) is 0 Å². The van der Waals surface area contributed by atoms with Crippen LogP contribution in [0.5, 0.6) is 0 Å². The third-order valence-electron chi connectivity index (χ3n) is 1.48. The Balaban J connectivity index is 3.09. The molecule has 0 bridgehead atoms. The van der Waals surface area contributed by atoms with Gasteiger partial charge in [-0.15, -0.1) is 0 Å². The Hall–Kier alpha value is -0.500. The molecule has 0 saturated carbocycles. The van der Waals surface area contributed by atoms with Crippen LogP contribution in [0, 0.1) is 0 Å². The minimum absolute atomic E-state index is 0.576. The highest BCUT2D eigenvalue weighted by molar-refractivity contribution is 4.81. The predicted octanol–water partition coefficient (Wildman–Crippen LogP) is 2.06. The lowest BCUT2D eigenvalue weighted by Gasteiger charge is -2.06. The molecule has 2 heteroatoms. The summed E-state index contributed by atoms with van der Waals surface area (Å²) in [6, 6.07) is 0. The number of nitrogens with two attached hydrogens (primary N) is 1. The summed E-state index contributed by atoms with van der Waals surface area (Å²) in [5.41, 5.74) is 5.27. The van der Waals surface area contributed by atoms with Crippen LogP contribution >= 0.6 is 0 Å². The van der Waals surface area contributed by atoms with Crippen LogP contribution in [-0.2, 0) is 4.74 Å². The zero-order valence-electron chi connectivity index (χ0n) is 7.44. The van der Waals surface area contributed by atoms with Crippen LogP contribution in [0.3, 0.4) is 0 Å². The van der Waals surface area contributed by atoms with Crippen LogP contribution in [0.15, 0.2) is 12.3 Å². The summed E-state index contributed by atoms with van der Waals surface area (Å²) in [5.74, 6) is 0.879. The van der Waals surface area contributed by atoms with Crippen LogP contribution in [0.25, 0.3) is 0 Å². The molecule has 0 rings (SSSR count). The molecule has 0 aliphatic heterocycles. The highest BCUT2D eigenvalue weighted by Crippen LogP contribution is 2.07. The van der Waals surface area contributed by atoms with E-state index in [4.69, 9.17) is 10.5 Å². The molecule has 0 heterocycles. The van der Waals surface area contributed by atoms with Gasteiger partial charge in [-0.2, -0.15) is 0 Å². The van der Waals surface area contributed by atoms with Gasteiger partial charge in [-0.3, -0.25) is 0 Å². The summed E-state index contributed by atoms with van der Waals surface area (Å²) in [6.45, 7) is 7.15. The van der Waals surface area contributed by atoms with Crippen molar-refractivity contribution in [3.63, 3.8) is 0 Å². The van der Waals surface area contributed by atoms with Gasteiger partial charge in [0.25, 0.3) is 0 Å². The fraction of sp³-hybridized carbons (Fsp3) is 0.778. The van der Waals surface area contributed by atoms with Crippen molar-refractivity contribution in [2.24, 2.45) is 5.73 Å². The quantitative estimate of drug-likeness (QED) is 0.453. The molecule has 0 fully saturated rings. The Morgan fingerprint density at radius 2 is 2.18 bits per heavy atom. The van der Waals surface area contributed by atoms with Crippen molar-refractivity contribution >= 4 is 0 Å². The number of allylic oxidation sites excluding steroid dienone is 1. The molecule has 2 nitrogen and oxygen atoms in total. The lowest BCUT2D eigenvalue weighted by Crippen LogP contribution is -2.07. The third kappa shape index (κ3) is 7.40. The molecule has 0 saturated heterocycles. The molecule has 2 N–H and O–H groups in total. The molecule has 0 atom stereocenters. The summed E-state index contributed by atoms with van der Waals surface area (Å²) in [6.07, 6.45) is 4.66. The molecule has 66 valence electrons. The first-order chi connectivity index (χ1) is 5.31. The number of unbranched alkanes of at least 4 members (excludes halogenated alkanes) is 2. The first-order valence-electron chi connectivity index (χ1n) is 4.32. The van der Waals surface area contributed by atoms with E-state index in [1.165, 1.54) is 19.3 Å². The molecular weight excluding hydrogens is 138 g/mol. The molecule has 0 amide bonds. The van der Waals surface area contributed by atoms with Gasteiger partial charge in [-0.05, 0) is 6.42 Å². The smallest absolute Gasteiger partial charge is 0.0999 e. The molecule has 0 spiro atoms. The second-order valence-corrected chi connectivity index (χ2v) is 2.63. The van der Waals surface area contributed by atoms with E-state index in [9.17, 15) is 0 Å². The average Bonchev–Trinajstić information content (AvgIpc) is 2.01. The fourth-order valence-electron chi connectivity index (χ4n) is 0.848. The lowest BCUT2D eigenvalue weighted by molar-refractivity contribution is 0.210. The van der Waals surface area contributed by atoms with Crippen LogP contribution in [0.1, 0.15) is 32.6 Å². The zero-order valence-corrected chi connectivity index (χ0v) is 7.44. The van der Waals surface area contributed by atoms with Gasteiger partial charge >= 0.3 is 0 Å². The van der Waals surface area contributed by atoms with E-state index in [1.54, 1.807) is 0 Å². The van der Waals surface area contributed by atoms with Gasteiger partial charge in [0.2, 0.25) is 0 Å². The van der Waals surface area contributed by atoms with Crippen molar-refractivity contribution in [3.05, 3.63) is 12.3 Å². The van der Waals surface area contributed by atoms with Crippen LogP contribution in [0.4, 0.5) is 0 Å². The summed E-state index contributed by atoms with van der Waals surface area (Å²) in [4.78, 5) is 0. The second-order valence-electron chi connectivity index (χ2n) is 2.63. The van der Waals surface area contributed by atoms with Gasteiger partial charge in [-0.1, -0.05) is 26.3 Å². The molecular formula is C9H19NO. The van der Waals surface area contributed by atoms with E-state index >= 15 is 0 Å². The summed E-state index contributed by atoms with van der Waals surface area (Å²) >= 11 is 0. The Kier molecular flexibility index (Phi) is 7.26. The van der Waals surface area contributed by atoms with Crippen molar-refractivity contribution in [3.8, 4) is 0 Å². The maximum absolute atomic E-state index is 5.27. The molecule has 0 unspecified atom stereocenters. The second kappa shape index (κ2) is 7.61. The summed E-state index contributed by atoms with van der Waals surface area (Å²) < 4.78 is 5.22. The molecule has 11 heavy (non-hydrogen) atoms. The van der Waals surface area contributed by atoms with Gasteiger partial charge in [0, 0.05) is 13.0 Å².